The molecule has 5 heteroatoms. The average molecular weight is 334 g/mol. The Bertz CT molecular complexity index is 888. The molecule has 1 aromatic heterocycles. The molecule has 0 bridgehead atoms. The molecule has 25 heavy (non-hydrogen) atoms. The Labute approximate surface area is 147 Å². The molecule has 2 heterocycles. The van der Waals surface area contributed by atoms with Gasteiger partial charge in [0.05, 0.1) is 11.1 Å². The van der Waals surface area contributed by atoms with Crippen molar-refractivity contribution in [2.45, 2.75) is 18.9 Å². The van der Waals surface area contributed by atoms with Crippen molar-refractivity contribution in [1.29, 1.82) is 0 Å². The maximum absolute atomic E-state index is 10.2. The summed E-state index contributed by atoms with van der Waals surface area (Å²) in [7, 11) is 2.16. The van der Waals surface area contributed by atoms with Crippen LogP contribution in [0.4, 0.5) is 5.82 Å². The second-order valence-electron chi connectivity index (χ2n) is 6.65. The summed E-state index contributed by atoms with van der Waals surface area (Å²) in [5, 5.41) is 14.8. The third-order valence-corrected chi connectivity index (χ3v) is 4.81. The van der Waals surface area contributed by atoms with Crippen molar-refractivity contribution < 1.29 is 5.11 Å². The first-order chi connectivity index (χ1) is 12.2. The standard InChI is InChI=1S/C20H22N4O/c1-24-12-10-14(11-13-24)21-19-15-6-2-4-8-17(15)22-20(23-19)16-7-3-5-9-18(16)25/h2-9,14,25H,10-13H2,1H3,(H,21,22,23). The minimum absolute atomic E-state index is 0.197. The van der Waals surface area contributed by atoms with Crippen LogP contribution in [-0.2, 0) is 0 Å². The molecule has 0 unspecified atom stereocenters. The molecule has 0 atom stereocenters. The number of aromatic hydroxyl groups is 1. The van der Waals surface area contributed by atoms with Gasteiger partial charge in [0.15, 0.2) is 5.82 Å². The van der Waals surface area contributed by atoms with E-state index in [1.165, 1.54) is 0 Å². The average Bonchev–Trinajstić information content (AvgIpc) is 2.64. The lowest BCUT2D eigenvalue weighted by atomic mass is 10.1. The highest BCUT2D eigenvalue weighted by molar-refractivity contribution is 5.91. The van der Waals surface area contributed by atoms with Crippen LogP contribution in [0.5, 0.6) is 5.75 Å². The van der Waals surface area contributed by atoms with Crippen LogP contribution in [0.3, 0.4) is 0 Å². The van der Waals surface area contributed by atoms with Crippen LogP contribution in [0.1, 0.15) is 12.8 Å². The van der Waals surface area contributed by atoms with Gasteiger partial charge in [-0.25, -0.2) is 9.97 Å². The highest BCUT2D eigenvalue weighted by Gasteiger charge is 2.19. The number of likely N-dealkylation sites (tertiary alicyclic amines) is 1. The highest BCUT2D eigenvalue weighted by Crippen LogP contribution is 2.30. The van der Waals surface area contributed by atoms with Gasteiger partial charge in [-0.15, -0.1) is 0 Å². The van der Waals surface area contributed by atoms with Gasteiger partial charge in [0.2, 0.25) is 0 Å². The molecule has 0 radical (unpaired) electrons. The number of aromatic nitrogens is 2. The van der Waals surface area contributed by atoms with Crippen molar-refractivity contribution in [2.75, 3.05) is 25.5 Å². The van der Waals surface area contributed by atoms with Crippen molar-refractivity contribution in [3.8, 4) is 17.1 Å². The van der Waals surface area contributed by atoms with Crippen molar-refractivity contribution in [3.05, 3.63) is 48.5 Å². The SMILES string of the molecule is CN1CCC(Nc2nc(-c3ccccc3O)nc3ccccc23)CC1. The summed E-state index contributed by atoms with van der Waals surface area (Å²) in [6.07, 6.45) is 2.20. The lowest BCUT2D eigenvalue weighted by Gasteiger charge is -2.30. The van der Waals surface area contributed by atoms with Gasteiger partial charge >= 0.3 is 0 Å². The van der Waals surface area contributed by atoms with Gasteiger partial charge < -0.3 is 15.3 Å². The first-order valence-electron chi connectivity index (χ1n) is 8.71. The van der Waals surface area contributed by atoms with Crippen molar-refractivity contribution in [1.82, 2.24) is 14.9 Å². The fraction of sp³-hybridized carbons (Fsp3) is 0.300. The molecule has 5 nitrogen and oxygen atoms in total. The zero-order valence-corrected chi connectivity index (χ0v) is 14.3. The Morgan fingerprint density at radius 3 is 2.52 bits per heavy atom. The first kappa shape index (κ1) is 15.8. The number of fused-ring (bicyclic) bond motifs is 1. The van der Waals surface area contributed by atoms with Crippen LogP contribution in [-0.4, -0.2) is 46.2 Å². The number of phenolic OH excluding ortho intramolecular Hbond substituents is 1. The van der Waals surface area contributed by atoms with Gasteiger partial charge in [-0.05, 0) is 57.2 Å². The molecule has 0 spiro atoms. The van der Waals surface area contributed by atoms with E-state index in [2.05, 4.69) is 22.2 Å². The van der Waals surface area contributed by atoms with Gasteiger partial charge in [-0.1, -0.05) is 24.3 Å². The van der Waals surface area contributed by atoms with Crippen molar-refractivity contribution in [2.24, 2.45) is 0 Å². The Morgan fingerprint density at radius 2 is 1.72 bits per heavy atom. The maximum Gasteiger partial charge on any atom is 0.165 e. The van der Waals surface area contributed by atoms with Crippen LogP contribution < -0.4 is 5.32 Å². The van der Waals surface area contributed by atoms with Crippen LogP contribution >= 0.6 is 0 Å². The molecular formula is C20H22N4O. The highest BCUT2D eigenvalue weighted by atomic mass is 16.3. The second kappa shape index (κ2) is 6.69. The van der Waals surface area contributed by atoms with E-state index in [0.29, 0.717) is 17.4 Å². The number of nitrogens with one attached hydrogen (secondary N) is 1. The minimum atomic E-state index is 0.197. The molecule has 128 valence electrons. The van der Waals surface area contributed by atoms with Gasteiger partial charge in [-0.2, -0.15) is 0 Å². The summed E-state index contributed by atoms with van der Waals surface area (Å²) >= 11 is 0. The summed E-state index contributed by atoms with van der Waals surface area (Å²) in [4.78, 5) is 11.8. The molecule has 4 rings (SSSR count). The predicted molar refractivity (Wildman–Crippen MR) is 101 cm³/mol. The summed E-state index contributed by atoms with van der Waals surface area (Å²) < 4.78 is 0. The van der Waals surface area contributed by atoms with Crippen molar-refractivity contribution >= 4 is 16.7 Å². The third-order valence-electron chi connectivity index (χ3n) is 4.81. The normalized spacial score (nSPS) is 16.2. The molecule has 1 aliphatic rings. The van der Waals surface area contributed by atoms with Crippen LogP contribution in [0, 0.1) is 0 Å². The van der Waals surface area contributed by atoms with E-state index in [1.54, 1.807) is 12.1 Å². The zero-order valence-electron chi connectivity index (χ0n) is 14.3. The fourth-order valence-corrected chi connectivity index (χ4v) is 3.32. The smallest absolute Gasteiger partial charge is 0.165 e. The number of piperidine rings is 1. The van der Waals surface area contributed by atoms with Crippen LogP contribution in [0.2, 0.25) is 0 Å². The second-order valence-corrected chi connectivity index (χ2v) is 6.65. The Hall–Kier alpha value is -2.66. The van der Waals surface area contributed by atoms with Crippen molar-refractivity contribution in [3.63, 3.8) is 0 Å². The summed E-state index contributed by atoms with van der Waals surface area (Å²) in [6, 6.07) is 15.6. The Morgan fingerprint density at radius 1 is 1.00 bits per heavy atom. The molecule has 1 aliphatic heterocycles. The topological polar surface area (TPSA) is 61.3 Å². The quantitative estimate of drug-likeness (QED) is 0.767. The molecule has 2 aromatic carbocycles. The number of hydrogen-bond donors (Lipinski definition) is 2. The van der Waals surface area contributed by atoms with Crippen LogP contribution in [0.15, 0.2) is 48.5 Å². The molecule has 0 amide bonds. The van der Waals surface area contributed by atoms with E-state index in [9.17, 15) is 5.11 Å². The van der Waals surface area contributed by atoms with Crippen LogP contribution in [0.25, 0.3) is 22.3 Å². The van der Waals surface area contributed by atoms with E-state index in [1.807, 2.05) is 36.4 Å². The molecule has 3 aromatic rings. The lowest BCUT2D eigenvalue weighted by molar-refractivity contribution is 0.264. The largest absolute Gasteiger partial charge is 0.507 e. The molecular weight excluding hydrogens is 312 g/mol. The summed E-state index contributed by atoms with van der Waals surface area (Å²) in [5.41, 5.74) is 1.53. The van der Waals surface area contributed by atoms with Gasteiger partial charge in [-0.3, -0.25) is 0 Å². The van der Waals surface area contributed by atoms with E-state index in [4.69, 9.17) is 4.98 Å². The molecule has 0 aliphatic carbocycles. The number of para-hydroxylation sites is 2. The summed E-state index contributed by atoms with van der Waals surface area (Å²) in [5.74, 6) is 1.59. The van der Waals surface area contributed by atoms with Gasteiger partial charge in [0, 0.05) is 11.4 Å². The minimum Gasteiger partial charge on any atom is -0.507 e. The van der Waals surface area contributed by atoms with Gasteiger partial charge in [0.25, 0.3) is 0 Å². The predicted octanol–water partition coefficient (Wildman–Crippen LogP) is 3.51. The van der Waals surface area contributed by atoms with E-state index >= 15 is 0 Å². The third kappa shape index (κ3) is 3.28. The first-order valence-corrected chi connectivity index (χ1v) is 8.71. The van der Waals surface area contributed by atoms with Gasteiger partial charge in [0.1, 0.15) is 11.6 Å². The maximum atomic E-state index is 10.2. The number of nitrogens with zero attached hydrogens (tertiary/aromatic N) is 3. The van der Waals surface area contributed by atoms with E-state index in [-0.39, 0.29) is 5.75 Å². The molecule has 1 saturated heterocycles. The monoisotopic (exact) mass is 334 g/mol. The fourth-order valence-electron chi connectivity index (χ4n) is 3.32. The molecule has 2 N–H and O–H groups in total. The lowest BCUT2D eigenvalue weighted by Crippen LogP contribution is -2.36. The number of anilines is 1. The molecule has 1 fully saturated rings. The van der Waals surface area contributed by atoms with E-state index < -0.39 is 0 Å². The number of hydrogen-bond acceptors (Lipinski definition) is 5. The zero-order chi connectivity index (χ0) is 17.2. The Kier molecular flexibility index (Phi) is 4.24. The number of rotatable bonds is 3. The Balaban J connectivity index is 1.75. The molecule has 0 saturated carbocycles. The number of benzene rings is 2. The summed E-state index contributed by atoms with van der Waals surface area (Å²) in [6.45, 7) is 2.18. The number of phenols is 1. The van der Waals surface area contributed by atoms with E-state index in [0.717, 1.165) is 42.7 Å².